The van der Waals surface area contributed by atoms with E-state index in [4.69, 9.17) is 4.74 Å². The first-order chi connectivity index (χ1) is 9.54. The van der Waals surface area contributed by atoms with E-state index in [2.05, 4.69) is 10.3 Å². The molecule has 6 heteroatoms. The van der Waals surface area contributed by atoms with Crippen LogP contribution in [0, 0.1) is 6.92 Å². The molecule has 0 radical (unpaired) electrons. The third kappa shape index (κ3) is 3.89. The number of ketones is 1. The molecule has 0 saturated heterocycles. The summed E-state index contributed by atoms with van der Waals surface area (Å²) < 4.78 is 5.37. The van der Waals surface area contributed by atoms with Gasteiger partial charge in [-0.15, -0.1) is 11.3 Å². The fraction of sp³-hybridized carbons (Fsp3) is 0.214. The Hall–Kier alpha value is -2.21. The molecule has 0 fully saturated rings. The van der Waals surface area contributed by atoms with E-state index in [1.165, 1.54) is 18.3 Å². The van der Waals surface area contributed by atoms with Gasteiger partial charge in [0.1, 0.15) is 11.4 Å². The van der Waals surface area contributed by atoms with Crippen molar-refractivity contribution in [2.75, 3.05) is 11.9 Å². The van der Waals surface area contributed by atoms with Crippen LogP contribution in [0.2, 0.25) is 0 Å². The predicted molar refractivity (Wildman–Crippen MR) is 77.4 cm³/mol. The van der Waals surface area contributed by atoms with Gasteiger partial charge in [-0.25, -0.2) is 4.98 Å². The third-order valence-electron chi connectivity index (χ3n) is 2.47. The van der Waals surface area contributed by atoms with Gasteiger partial charge < -0.3 is 4.74 Å². The molecule has 1 N–H and O–H groups in total. The van der Waals surface area contributed by atoms with Crippen LogP contribution in [0.5, 0.6) is 5.75 Å². The third-order valence-corrected chi connectivity index (χ3v) is 3.23. The van der Waals surface area contributed by atoms with Crippen LogP contribution in [-0.4, -0.2) is 23.3 Å². The molecule has 20 heavy (non-hydrogen) atoms. The van der Waals surface area contributed by atoms with Crippen LogP contribution in [0.3, 0.4) is 0 Å². The summed E-state index contributed by atoms with van der Waals surface area (Å²) in [6.45, 7) is 3.28. The molecule has 1 heterocycles. The number of carbonyl (C=O) groups is 2. The number of rotatable bonds is 5. The SMILES string of the molecule is CC(=O)c1csc(NC(=O)COc2cccc(C)c2)n1. The summed E-state index contributed by atoms with van der Waals surface area (Å²) in [5, 5.41) is 4.60. The zero-order valence-corrected chi connectivity index (χ0v) is 12.0. The van der Waals surface area contributed by atoms with Crippen LogP contribution < -0.4 is 10.1 Å². The lowest BCUT2D eigenvalue weighted by Gasteiger charge is -2.06. The van der Waals surface area contributed by atoms with E-state index in [1.54, 1.807) is 11.4 Å². The number of amides is 1. The molecule has 2 rings (SSSR count). The summed E-state index contributed by atoms with van der Waals surface area (Å²) in [5.41, 5.74) is 1.42. The van der Waals surface area contributed by atoms with Crippen molar-refractivity contribution in [3.8, 4) is 5.75 Å². The maximum atomic E-state index is 11.7. The molecule has 0 bridgehead atoms. The molecule has 0 atom stereocenters. The normalized spacial score (nSPS) is 10.1. The van der Waals surface area contributed by atoms with E-state index in [9.17, 15) is 9.59 Å². The van der Waals surface area contributed by atoms with Crippen molar-refractivity contribution < 1.29 is 14.3 Å². The van der Waals surface area contributed by atoms with E-state index in [0.717, 1.165) is 5.56 Å². The number of hydrogen-bond acceptors (Lipinski definition) is 5. The topological polar surface area (TPSA) is 68.3 Å². The molecule has 104 valence electrons. The van der Waals surface area contributed by atoms with E-state index >= 15 is 0 Å². The van der Waals surface area contributed by atoms with Crippen molar-refractivity contribution in [1.82, 2.24) is 4.98 Å². The monoisotopic (exact) mass is 290 g/mol. The number of carbonyl (C=O) groups excluding carboxylic acids is 2. The van der Waals surface area contributed by atoms with Crippen LogP contribution in [-0.2, 0) is 4.79 Å². The van der Waals surface area contributed by atoms with Crippen molar-refractivity contribution in [2.45, 2.75) is 13.8 Å². The molecule has 0 spiro atoms. The van der Waals surface area contributed by atoms with Gasteiger partial charge in [0.05, 0.1) is 0 Å². The number of thiazole rings is 1. The lowest BCUT2D eigenvalue weighted by atomic mass is 10.2. The first kappa shape index (κ1) is 14.2. The van der Waals surface area contributed by atoms with Crippen molar-refractivity contribution >= 4 is 28.2 Å². The Morgan fingerprint density at radius 1 is 1.40 bits per heavy atom. The lowest BCUT2D eigenvalue weighted by molar-refractivity contribution is -0.118. The van der Waals surface area contributed by atoms with Gasteiger partial charge in [-0.3, -0.25) is 14.9 Å². The fourth-order valence-corrected chi connectivity index (χ4v) is 2.27. The molecule has 0 aliphatic rings. The average Bonchev–Trinajstić information content (AvgIpc) is 2.85. The second-order valence-electron chi connectivity index (χ2n) is 4.25. The fourth-order valence-electron chi connectivity index (χ4n) is 1.50. The number of benzene rings is 1. The Balaban J connectivity index is 1.87. The minimum absolute atomic E-state index is 0.0988. The maximum Gasteiger partial charge on any atom is 0.264 e. The Bertz CT molecular complexity index is 637. The standard InChI is InChI=1S/C14H14N2O3S/c1-9-4-3-5-11(6-9)19-7-13(18)16-14-15-12(8-20-14)10(2)17/h3-6,8H,7H2,1-2H3,(H,15,16,18). The molecule has 1 aromatic carbocycles. The highest BCUT2D eigenvalue weighted by molar-refractivity contribution is 7.14. The van der Waals surface area contributed by atoms with E-state index < -0.39 is 0 Å². The summed E-state index contributed by atoms with van der Waals surface area (Å²) in [4.78, 5) is 26.8. The van der Waals surface area contributed by atoms with Gasteiger partial charge in [0, 0.05) is 12.3 Å². The van der Waals surface area contributed by atoms with Gasteiger partial charge in [-0.05, 0) is 24.6 Å². The number of nitrogens with one attached hydrogen (secondary N) is 1. The van der Waals surface area contributed by atoms with Crippen molar-refractivity contribution in [2.24, 2.45) is 0 Å². The van der Waals surface area contributed by atoms with Crippen molar-refractivity contribution in [3.63, 3.8) is 0 Å². The zero-order chi connectivity index (χ0) is 14.5. The molecule has 0 aliphatic heterocycles. The molecular formula is C14H14N2O3S. The van der Waals surface area contributed by atoms with E-state index in [-0.39, 0.29) is 18.3 Å². The zero-order valence-electron chi connectivity index (χ0n) is 11.2. The first-order valence-corrected chi connectivity index (χ1v) is 6.88. The summed E-state index contributed by atoms with van der Waals surface area (Å²) in [5.74, 6) is 0.206. The summed E-state index contributed by atoms with van der Waals surface area (Å²) in [6, 6.07) is 7.45. The van der Waals surface area contributed by atoms with Gasteiger partial charge in [-0.2, -0.15) is 0 Å². The molecular weight excluding hydrogens is 276 g/mol. The number of nitrogens with zero attached hydrogens (tertiary/aromatic N) is 1. The number of ether oxygens (including phenoxy) is 1. The van der Waals surface area contributed by atoms with E-state index in [1.807, 2.05) is 25.1 Å². The van der Waals surface area contributed by atoms with Crippen LogP contribution in [0.1, 0.15) is 23.0 Å². The highest BCUT2D eigenvalue weighted by atomic mass is 32.1. The Morgan fingerprint density at radius 3 is 2.85 bits per heavy atom. The highest BCUT2D eigenvalue weighted by Crippen LogP contribution is 2.16. The Labute approximate surface area is 120 Å². The quantitative estimate of drug-likeness (QED) is 0.860. The molecule has 0 aliphatic carbocycles. The lowest BCUT2D eigenvalue weighted by Crippen LogP contribution is -2.20. The predicted octanol–water partition coefficient (Wildman–Crippen LogP) is 2.67. The minimum Gasteiger partial charge on any atom is -0.484 e. The van der Waals surface area contributed by atoms with Crippen LogP contribution in [0.25, 0.3) is 0 Å². The Morgan fingerprint density at radius 2 is 2.20 bits per heavy atom. The molecule has 0 unspecified atom stereocenters. The van der Waals surface area contributed by atoms with Crippen molar-refractivity contribution in [3.05, 3.63) is 40.9 Å². The van der Waals surface area contributed by atoms with Gasteiger partial charge in [0.15, 0.2) is 17.5 Å². The number of anilines is 1. The van der Waals surface area contributed by atoms with Crippen molar-refractivity contribution in [1.29, 1.82) is 0 Å². The number of Topliss-reactive ketones (excluding diaryl/α,β-unsaturated/α-hetero) is 1. The molecule has 1 aromatic heterocycles. The van der Waals surface area contributed by atoms with Gasteiger partial charge in [0.2, 0.25) is 0 Å². The molecule has 1 amide bonds. The number of hydrogen-bond donors (Lipinski definition) is 1. The molecule has 2 aromatic rings. The van der Waals surface area contributed by atoms with Gasteiger partial charge in [0.25, 0.3) is 5.91 Å². The van der Waals surface area contributed by atoms with Crippen LogP contribution >= 0.6 is 11.3 Å². The highest BCUT2D eigenvalue weighted by Gasteiger charge is 2.09. The Kier molecular flexibility index (Phi) is 4.47. The molecule has 5 nitrogen and oxygen atoms in total. The summed E-state index contributed by atoms with van der Waals surface area (Å²) in [6.07, 6.45) is 0. The van der Waals surface area contributed by atoms with Gasteiger partial charge >= 0.3 is 0 Å². The summed E-state index contributed by atoms with van der Waals surface area (Å²) in [7, 11) is 0. The van der Waals surface area contributed by atoms with Gasteiger partial charge in [-0.1, -0.05) is 12.1 Å². The smallest absolute Gasteiger partial charge is 0.264 e. The summed E-state index contributed by atoms with van der Waals surface area (Å²) >= 11 is 1.21. The number of aryl methyl sites for hydroxylation is 1. The first-order valence-electron chi connectivity index (χ1n) is 6.00. The van der Waals surface area contributed by atoms with Crippen LogP contribution in [0.15, 0.2) is 29.6 Å². The maximum absolute atomic E-state index is 11.7. The molecule has 0 saturated carbocycles. The second-order valence-corrected chi connectivity index (χ2v) is 5.11. The largest absolute Gasteiger partial charge is 0.484 e. The van der Waals surface area contributed by atoms with Crippen LogP contribution in [0.4, 0.5) is 5.13 Å². The average molecular weight is 290 g/mol. The second kappa shape index (κ2) is 6.29. The van der Waals surface area contributed by atoms with E-state index in [0.29, 0.717) is 16.6 Å². The number of aromatic nitrogens is 1. The minimum atomic E-state index is -0.309.